The van der Waals surface area contributed by atoms with Crippen LogP contribution < -0.4 is 5.73 Å². The molecule has 1 saturated heterocycles. The summed E-state index contributed by atoms with van der Waals surface area (Å²) in [4.78, 5) is 13.5. The average Bonchev–Trinajstić information content (AvgIpc) is 2.66. The van der Waals surface area contributed by atoms with Crippen molar-refractivity contribution in [2.24, 2.45) is 23.5 Å². The minimum atomic E-state index is 0.231. The van der Waals surface area contributed by atoms with Crippen LogP contribution in [0.15, 0.2) is 0 Å². The van der Waals surface area contributed by atoms with E-state index in [0.29, 0.717) is 30.8 Å². The first kappa shape index (κ1) is 9.93. The highest BCUT2D eigenvalue weighted by molar-refractivity contribution is 5.76. The molecule has 1 saturated carbocycles. The Morgan fingerprint density at radius 2 is 2.14 bits per heavy atom. The first-order valence-corrected chi connectivity index (χ1v) is 5.24. The lowest BCUT2D eigenvalue weighted by Gasteiger charge is -2.19. The molecule has 2 fully saturated rings. The summed E-state index contributed by atoms with van der Waals surface area (Å²) in [6.07, 6.45) is 0.517. The molecular formula is C10H18N2O2. The molecule has 1 aliphatic carbocycles. The van der Waals surface area contributed by atoms with E-state index in [0.717, 1.165) is 19.6 Å². The lowest BCUT2D eigenvalue weighted by Crippen LogP contribution is -2.32. The number of hydrogen-bond donors (Lipinski definition) is 1. The van der Waals surface area contributed by atoms with Gasteiger partial charge in [-0.2, -0.15) is 0 Å². The van der Waals surface area contributed by atoms with Gasteiger partial charge >= 0.3 is 0 Å². The van der Waals surface area contributed by atoms with E-state index in [-0.39, 0.29) is 5.91 Å². The number of fused-ring (bicyclic) bond motifs is 1. The van der Waals surface area contributed by atoms with Crippen molar-refractivity contribution in [3.05, 3.63) is 0 Å². The number of methoxy groups -OCH3 is 1. The monoisotopic (exact) mass is 198 g/mol. The average molecular weight is 198 g/mol. The van der Waals surface area contributed by atoms with Crippen molar-refractivity contribution in [1.82, 2.24) is 4.90 Å². The van der Waals surface area contributed by atoms with Gasteiger partial charge in [0.15, 0.2) is 0 Å². The van der Waals surface area contributed by atoms with E-state index in [1.165, 1.54) is 0 Å². The molecule has 2 atom stereocenters. The minimum Gasteiger partial charge on any atom is -0.384 e. The quantitative estimate of drug-likeness (QED) is 0.674. The molecule has 14 heavy (non-hydrogen) atoms. The predicted octanol–water partition coefficient (Wildman–Crippen LogP) is -0.314. The summed E-state index contributed by atoms with van der Waals surface area (Å²) < 4.78 is 4.88. The maximum absolute atomic E-state index is 11.6. The van der Waals surface area contributed by atoms with Gasteiger partial charge in [0.1, 0.15) is 0 Å². The van der Waals surface area contributed by atoms with Crippen LogP contribution in [0.3, 0.4) is 0 Å². The molecule has 2 aliphatic rings. The van der Waals surface area contributed by atoms with E-state index in [1.807, 2.05) is 4.90 Å². The van der Waals surface area contributed by atoms with Crippen LogP contribution >= 0.6 is 0 Å². The number of carbonyl (C=O) groups is 1. The van der Waals surface area contributed by atoms with Crippen LogP contribution in [0.1, 0.15) is 6.42 Å². The topological polar surface area (TPSA) is 55.6 Å². The minimum absolute atomic E-state index is 0.231. The summed E-state index contributed by atoms with van der Waals surface area (Å²) in [5.74, 6) is 2.33. The maximum atomic E-state index is 11.6. The van der Waals surface area contributed by atoms with Crippen LogP contribution in [-0.2, 0) is 9.53 Å². The fourth-order valence-corrected chi connectivity index (χ4v) is 2.55. The zero-order chi connectivity index (χ0) is 10.1. The maximum Gasteiger partial charge on any atom is 0.224 e. The van der Waals surface area contributed by atoms with Crippen molar-refractivity contribution < 1.29 is 9.53 Å². The molecule has 0 aromatic carbocycles. The van der Waals surface area contributed by atoms with Gasteiger partial charge in [0.25, 0.3) is 0 Å². The van der Waals surface area contributed by atoms with Crippen molar-refractivity contribution in [3.63, 3.8) is 0 Å². The van der Waals surface area contributed by atoms with E-state index >= 15 is 0 Å². The number of carbonyl (C=O) groups excluding carboxylic acids is 1. The van der Waals surface area contributed by atoms with Crippen molar-refractivity contribution in [2.45, 2.75) is 6.42 Å². The third kappa shape index (κ3) is 1.64. The van der Waals surface area contributed by atoms with Crippen LogP contribution in [0.5, 0.6) is 0 Å². The highest BCUT2D eigenvalue weighted by Crippen LogP contribution is 2.50. The fourth-order valence-electron chi connectivity index (χ4n) is 2.55. The van der Waals surface area contributed by atoms with Gasteiger partial charge < -0.3 is 15.4 Å². The van der Waals surface area contributed by atoms with Crippen LogP contribution in [0.4, 0.5) is 0 Å². The SMILES string of the molecule is COCCC(=O)N1CC2C(CN)C2C1. The van der Waals surface area contributed by atoms with E-state index < -0.39 is 0 Å². The Morgan fingerprint density at radius 3 is 2.64 bits per heavy atom. The molecule has 2 unspecified atom stereocenters. The molecule has 4 nitrogen and oxygen atoms in total. The predicted molar refractivity (Wildman–Crippen MR) is 52.6 cm³/mol. The highest BCUT2D eigenvalue weighted by atomic mass is 16.5. The Labute approximate surface area is 84.4 Å². The zero-order valence-electron chi connectivity index (χ0n) is 8.61. The van der Waals surface area contributed by atoms with Gasteiger partial charge in [-0.15, -0.1) is 0 Å². The largest absolute Gasteiger partial charge is 0.384 e. The van der Waals surface area contributed by atoms with Gasteiger partial charge in [0, 0.05) is 20.2 Å². The molecule has 0 spiro atoms. The molecule has 2 N–H and O–H groups in total. The van der Waals surface area contributed by atoms with Crippen molar-refractivity contribution in [1.29, 1.82) is 0 Å². The Hall–Kier alpha value is -0.610. The summed E-state index contributed by atoms with van der Waals surface area (Å²) in [5.41, 5.74) is 5.60. The van der Waals surface area contributed by atoms with Crippen molar-refractivity contribution >= 4 is 5.91 Å². The van der Waals surface area contributed by atoms with Crippen LogP contribution in [0.25, 0.3) is 0 Å². The second-order valence-electron chi connectivity index (χ2n) is 4.27. The lowest BCUT2D eigenvalue weighted by atomic mass is 10.2. The number of piperidine rings is 1. The summed E-state index contributed by atoms with van der Waals surface area (Å²) in [5, 5.41) is 0. The summed E-state index contributed by atoms with van der Waals surface area (Å²) in [7, 11) is 1.62. The molecule has 2 rings (SSSR count). The van der Waals surface area contributed by atoms with E-state index in [1.54, 1.807) is 7.11 Å². The van der Waals surface area contributed by atoms with Crippen molar-refractivity contribution in [3.8, 4) is 0 Å². The standard InChI is InChI=1S/C10H18N2O2/c1-14-3-2-10(13)12-5-8-7(4-11)9(8)6-12/h7-9H,2-6,11H2,1H3. The third-order valence-corrected chi connectivity index (χ3v) is 3.52. The number of ether oxygens (including phenoxy) is 1. The summed E-state index contributed by atoms with van der Waals surface area (Å²) in [6, 6.07) is 0. The van der Waals surface area contributed by atoms with Crippen LogP contribution in [0.2, 0.25) is 0 Å². The molecule has 4 heteroatoms. The normalized spacial score (nSPS) is 34.4. The second kappa shape index (κ2) is 3.87. The van der Waals surface area contributed by atoms with Gasteiger partial charge in [0.2, 0.25) is 5.91 Å². The number of nitrogens with zero attached hydrogens (tertiary/aromatic N) is 1. The molecule has 0 radical (unpaired) electrons. The number of nitrogens with two attached hydrogens (primary N) is 1. The van der Waals surface area contributed by atoms with Gasteiger partial charge in [0.05, 0.1) is 13.0 Å². The molecule has 0 bridgehead atoms. The molecule has 1 aliphatic heterocycles. The first-order chi connectivity index (χ1) is 6.77. The number of likely N-dealkylation sites (tertiary alicyclic amines) is 1. The molecule has 80 valence electrons. The van der Waals surface area contributed by atoms with Gasteiger partial charge in [-0.05, 0) is 24.3 Å². The van der Waals surface area contributed by atoms with E-state index in [4.69, 9.17) is 10.5 Å². The van der Waals surface area contributed by atoms with Crippen LogP contribution in [-0.4, -0.2) is 44.2 Å². The Bertz CT molecular complexity index is 220. The first-order valence-electron chi connectivity index (χ1n) is 5.24. The molecular weight excluding hydrogens is 180 g/mol. The summed E-state index contributed by atoms with van der Waals surface area (Å²) in [6.45, 7) is 3.17. The van der Waals surface area contributed by atoms with E-state index in [2.05, 4.69) is 0 Å². The highest BCUT2D eigenvalue weighted by Gasteiger charge is 2.55. The Morgan fingerprint density at radius 1 is 1.50 bits per heavy atom. The molecule has 1 amide bonds. The van der Waals surface area contributed by atoms with Gasteiger partial charge in [-0.3, -0.25) is 4.79 Å². The Kier molecular flexibility index (Phi) is 2.74. The zero-order valence-corrected chi connectivity index (χ0v) is 8.61. The van der Waals surface area contributed by atoms with Gasteiger partial charge in [-0.1, -0.05) is 0 Å². The van der Waals surface area contributed by atoms with Crippen molar-refractivity contribution in [2.75, 3.05) is 33.4 Å². The van der Waals surface area contributed by atoms with Gasteiger partial charge in [-0.25, -0.2) is 0 Å². The molecule has 1 heterocycles. The van der Waals surface area contributed by atoms with E-state index in [9.17, 15) is 4.79 Å². The number of amides is 1. The summed E-state index contributed by atoms with van der Waals surface area (Å²) >= 11 is 0. The smallest absolute Gasteiger partial charge is 0.224 e. The molecule has 0 aromatic heterocycles. The lowest BCUT2D eigenvalue weighted by molar-refractivity contribution is -0.131. The fraction of sp³-hybridized carbons (Fsp3) is 0.900. The molecule has 0 aromatic rings. The third-order valence-electron chi connectivity index (χ3n) is 3.52. The second-order valence-corrected chi connectivity index (χ2v) is 4.27. The Balaban J connectivity index is 1.74. The van der Waals surface area contributed by atoms with Crippen LogP contribution in [0, 0.1) is 17.8 Å². The number of rotatable bonds is 4. The number of hydrogen-bond acceptors (Lipinski definition) is 3.